The smallest absolute Gasteiger partial charge is 0.381 e. The summed E-state index contributed by atoms with van der Waals surface area (Å²) < 4.78 is 44.8. The fourth-order valence-electron chi connectivity index (χ4n) is 5.85. The first-order valence-electron chi connectivity index (χ1n) is 12.5. The van der Waals surface area contributed by atoms with Crippen LogP contribution >= 0.6 is 0 Å². The molecule has 2 aliphatic heterocycles. The van der Waals surface area contributed by atoms with Crippen LogP contribution in [0.25, 0.3) is 0 Å². The van der Waals surface area contributed by atoms with E-state index in [4.69, 9.17) is 4.74 Å². The minimum atomic E-state index is -4.42. The summed E-state index contributed by atoms with van der Waals surface area (Å²) in [5.41, 5.74) is -0.673. The van der Waals surface area contributed by atoms with Gasteiger partial charge in [-0.15, -0.1) is 0 Å². The summed E-state index contributed by atoms with van der Waals surface area (Å²) in [4.78, 5) is 21.4. The molecule has 190 valence electrons. The highest BCUT2D eigenvalue weighted by Gasteiger charge is 2.50. The van der Waals surface area contributed by atoms with Crippen molar-refractivity contribution in [3.05, 3.63) is 24.0 Å². The molecule has 3 fully saturated rings. The molecule has 1 N–H and O–H groups in total. The molecular weight excluding hydrogens is 445 g/mol. The molecule has 1 amide bonds. The van der Waals surface area contributed by atoms with Gasteiger partial charge >= 0.3 is 6.18 Å². The maximum absolute atomic E-state index is 13.8. The van der Waals surface area contributed by atoms with E-state index in [2.05, 4.69) is 31.1 Å². The van der Waals surface area contributed by atoms with E-state index in [9.17, 15) is 18.0 Å². The minimum absolute atomic E-state index is 0.202. The Balaban J connectivity index is 1.38. The first kappa shape index (κ1) is 25.2. The topological polar surface area (TPSA) is 57.7 Å². The van der Waals surface area contributed by atoms with Crippen LogP contribution in [0.4, 0.5) is 18.9 Å². The van der Waals surface area contributed by atoms with Gasteiger partial charge in [0.05, 0.1) is 29.5 Å². The zero-order chi connectivity index (χ0) is 24.5. The number of aromatic nitrogens is 1. The Bertz CT molecular complexity index is 857. The number of amides is 1. The minimum Gasteiger partial charge on any atom is -0.381 e. The van der Waals surface area contributed by atoms with Crippen molar-refractivity contribution in [1.82, 2.24) is 15.2 Å². The highest BCUT2D eigenvalue weighted by molar-refractivity contribution is 5.84. The van der Waals surface area contributed by atoms with Crippen LogP contribution in [-0.4, -0.2) is 67.3 Å². The Morgan fingerprint density at radius 3 is 2.59 bits per heavy atom. The molecule has 4 atom stereocenters. The van der Waals surface area contributed by atoms with Gasteiger partial charge in [-0.3, -0.25) is 9.78 Å². The van der Waals surface area contributed by atoms with Gasteiger partial charge in [0.25, 0.3) is 0 Å². The number of nitrogens with zero attached hydrogens (tertiary/aromatic N) is 3. The van der Waals surface area contributed by atoms with Crippen LogP contribution in [0.1, 0.15) is 52.0 Å². The molecule has 2 saturated heterocycles. The van der Waals surface area contributed by atoms with E-state index in [0.29, 0.717) is 49.9 Å². The molecule has 6 nitrogen and oxygen atoms in total. The van der Waals surface area contributed by atoms with Gasteiger partial charge in [0.15, 0.2) is 0 Å². The van der Waals surface area contributed by atoms with Gasteiger partial charge in [-0.05, 0) is 43.6 Å². The van der Waals surface area contributed by atoms with Crippen molar-refractivity contribution >= 4 is 11.6 Å². The number of piperazine rings is 1. The van der Waals surface area contributed by atoms with E-state index in [1.807, 2.05) is 9.80 Å². The van der Waals surface area contributed by atoms with E-state index in [0.717, 1.165) is 51.2 Å². The SMILES string of the molecule is CC1COCCC1NC1CC[C@@](C(=O)N2CCN(c3cncc(C(F)(F)F)c3)CC2)(C(C)C)C1. The van der Waals surface area contributed by atoms with Crippen LogP contribution in [0.2, 0.25) is 0 Å². The quantitative estimate of drug-likeness (QED) is 0.689. The molecule has 3 unspecified atom stereocenters. The number of ether oxygens (including phenoxy) is 1. The molecule has 3 heterocycles. The van der Waals surface area contributed by atoms with E-state index in [1.54, 1.807) is 0 Å². The molecule has 0 spiro atoms. The Kier molecular flexibility index (Phi) is 7.43. The summed E-state index contributed by atoms with van der Waals surface area (Å²) in [6.07, 6.45) is 1.60. The molecule has 34 heavy (non-hydrogen) atoms. The fraction of sp³-hybridized carbons (Fsp3) is 0.760. The van der Waals surface area contributed by atoms with Crippen molar-refractivity contribution in [1.29, 1.82) is 0 Å². The Hall–Kier alpha value is -1.87. The van der Waals surface area contributed by atoms with Crippen molar-refractivity contribution in [3.8, 4) is 0 Å². The predicted octanol–water partition coefficient (Wildman–Crippen LogP) is 3.96. The second kappa shape index (κ2) is 10.0. The predicted molar refractivity (Wildman–Crippen MR) is 124 cm³/mol. The van der Waals surface area contributed by atoms with Gasteiger partial charge in [0, 0.05) is 51.1 Å². The molecule has 9 heteroatoms. The number of carbonyl (C=O) groups excluding carboxylic acids is 1. The lowest BCUT2D eigenvalue weighted by atomic mass is 9.74. The Morgan fingerprint density at radius 2 is 1.94 bits per heavy atom. The number of hydrogen-bond acceptors (Lipinski definition) is 5. The van der Waals surface area contributed by atoms with Gasteiger partial charge in [-0.1, -0.05) is 20.8 Å². The molecule has 0 aromatic carbocycles. The standard InChI is InChI=1S/C25H37F3N4O2/c1-17(2)24(6-4-20(13-24)30-22-5-11-34-16-18(22)3)23(33)32-9-7-31(8-10-32)21-12-19(14-29-15-21)25(26,27)28/h12,14-15,17-18,20,22,30H,4-11,13,16H2,1-3H3/t18?,20?,22?,24-/m0/s1. The summed E-state index contributed by atoms with van der Waals surface area (Å²) >= 11 is 0. The van der Waals surface area contributed by atoms with Gasteiger partial charge < -0.3 is 19.9 Å². The average molecular weight is 483 g/mol. The fourth-order valence-corrected chi connectivity index (χ4v) is 5.85. The van der Waals surface area contributed by atoms with Gasteiger partial charge in [0.2, 0.25) is 5.91 Å². The first-order valence-corrected chi connectivity index (χ1v) is 12.5. The van der Waals surface area contributed by atoms with Gasteiger partial charge in [0.1, 0.15) is 0 Å². The highest BCUT2D eigenvalue weighted by atomic mass is 19.4. The maximum atomic E-state index is 13.8. The third-order valence-electron chi connectivity index (χ3n) is 8.15. The first-order chi connectivity index (χ1) is 16.1. The number of hydrogen-bond donors (Lipinski definition) is 1. The molecule has 0 radical (unpaired) electrons. The van der Waals surface area contributed by atoms with Crippen molar-refractivity contribution in [3.63, 3.8) is 0 Å². The van der Waals surface area contributed by atoms with Crippen LogP contribution in [0.3, 0.4) is 0 Å². The molecule has 3 aliphatic rings. The number of carbonyl (C=O) groups is 1. The van der Waals surface area contributed by atoms with Crippen molar-refractivity contribution in [2.45, 2.75) is 64.7 Å². The van der Waals surface area contributed by atoms with Crippen molar-refractivity contribution < 1.29 is 22.7 Å². The van der Waals surface area contributed by atoms with Crippen LogP contribution in [0.15, 0.2) is 18.5 Å². The molecule has 1 aromatic rings. The zero-order valence-corrected chi connectivity index (χ0v) is 20.4. The molecular formula is C25H37F3N4O2. The normalized spacial score (nSPS) is 30.7. The zero-order valence-electron chi connectivity index (χ0n) is 20.4. The number of halogens is 3. The summed E-state index contributed by atoms with van der Waals surface area (Å²) in [6.45, 7) is 10.1. The summed E-state index contributed by atoms with van der Waals surface area (Å²) in [6, 6.07) is 1.90. The number of alkyl halides is 3. The third-order valence-corrected chi connectivity index (χ3v) is 8.15. The molecule has 1 saturated carbocycles. The lowest BCUT2D eigenvalue weighted by molar-refractivity contribution is -0.145. The summed E-state index contributed by atoms with van der Waals surface area (Å²) in [7, 11) is 0. The molecule has 1 aliphatic carbocycles. The van der Waals surface area contributed by atoms with Gasteiger partial charge in [-0.25, -0.2) is 0 Å². The second-order valence-corrected chi connectivity index (χ2v) is 10.6. The van der Waals surface area contributed by atoms with E-state index >= 15 is 0 Å². The maximum Gasteiger partial charge on any atom is 0.417 e. The highest BCUT2D eigenvalue weighted by Crippen LogP contribution is 2.46. The van der Waals surface area contributed by atoms with Crippen LogP contribution < -0.4 is 10.2 Å². The molecule has 0 bridgehead atoms. The Labute approximate surface area is 200 Å². The van der Waals surface area contributed by atoms with Gasteiger partial charge in [-0.2, -0.15) is 13.2 Å². The van der Waals surface area contributed by atoms with Crippen LogP contribution in [0.5, 0.6) is 0 Å². The molecule has 4 rings (SSSR count). The average Bonchev–Trinajstić information content (AvgIpc) is 3.25. The lowest BCUT2D eigenvalue weighted by Gasteiger charge is -2.42. The summed E-state index contributed by atoms with van der Waals surface area (Å²) in [5, 5.41) is 3.82. The summed E-state index contributed by atoms with van der Waals surface area (Å²) in [5.74, 6) is 0.898. The van der Waals surface area contributed by atoms with Crippen molar-refractivity contribution in [2.24, 2.45) is 17.3 Å². The third kappa shape index (κ3) is 5.20. The van der Waals surface area contributed by atoms with E-state index < -0.39 is 11.7 Å². The monoisotopic (exact) mass is 482 g/mol. The number of pyridine rings is 1. The van der Waals surface area contributed by atoms with Crippen LogP contribution in [-0.2, 0) is 15.7 Å². The van der Waals surface area contributed by atoms with Crippen LogP contribution in [0, 0.1) is 17.3 Å². The molecule has 1 aromatic heterocycles. The largest absolute Gasteiger partial charge is 0.417 e. The number of anilines is 1. The van der Waals surface area contributed by atoms with E-state index in [-0.39, 0.29) is 17.2 Å². The second-order valence-electron chi connectivity index (χ2n) is 10.6. The lowest BCUT2D eigenvalue weighted by Crippen LogP contribution is -2.54. The number of rotatable bonds is 5. The van der Waals surface area contributed by atoms with Crippen molar-refractivity contribution in [2.75, 3.05) is 44.3 Å². The van der Waals surface area contributed by atoms with E-state index in [1.165, 1.54) is 6.20 Å². The Morgan fingerprint density at radius 1 is 1.21 bits per heavy atom. The number of nitrogens with one attached hydrogen (secondary N) is 1.